The minimum Gasteiger partial charge on any atom is -0.338 e. The third-order valence-electron chi connectivity index (χ3n) is 5.27. The first kappa shape index (κ1) is 25.1. The van der Waals surface area contributed by atoms with Gasteiger partial charge in [-0.05, 0) is 18.2 Å². The largest absolute Gasteiger partial charge is 0.433 e. The maximum absolute atomic E-state index is 13.6. The molecule has 1 aromatic rings. The summed E-state index contributed by atoms with van der Waals surface area (Å²) >= 11 is 0. The second kappa shape index (κ2) is 8.65. The molecule has 182 valence electrons. The fourth-order valence-electron chi connectivity index (χ4n) is 3.66. The van der Waals surface area contributed by atoms with Gasteiger partial charge in [-0.1, -0.05) is 0 Å². The molecule has 8 nitrogen and oxygen atoms in total. The summed E-state index contributed by atoms with van der Waals surface area (Å²) in [5.41, 5.74) is -2.68. The Bertz CT molecular complexity index is 1060. The van der Waals surface area contributed by atoms with Crippen LogP contribution in [0.15, 0.2) is 18.2 Å². The van der Waals surface area contributed by atoms with Gasteiger partial charge < -0.3 is 14.5 Å². The molecule has 0 bridgehead atoms. The molecule has 0 aromatic heterocycles. The van der Waals surface area contributed by atoms with Crippen LogP contribution in [0.1, 0.15) is 11.1 Å². The van der Waals surface area contributed by atoms with Crippen LogP contribution in [-0.4, -0.2) is 81.0 Å². The van der Waals surface area contributed by atoms with Gasteiger partial charge >= 0.3 is 12.4 Å². The minimum atomic E-state index is -5.03. The van der Waals surface area contributed by atoms with Gasteiger partial charge in [-0.3, -0.25) is 4.79 Å². The third-order valence-corrected chi connectivity index (χ3v) is 6.58. The Morgan fingerprint density at radius 2 is 1.73 bits per heavy atom. The number of hydrogen-bond donors (Lipinski definition) is 0. The number of piperazine rings is 1. The van der Waals surface area contributed by atoms with Crippen molar-refractivity contribution in [1.82, 2.24) is 9.21 Å². The lowest BCUT2D eigenvalue weighted by Gasteiger charge is -2.34. The first-order valence-corrected chi connectivity index (χ1v) is 11.3. The Morgan fingerprint density at radius 3 is 2.21 bits per heavy atom. The van der Waals surface area contributed by atoms with E-state index in [-0.39, 0.29) is 26.2 Å². The van der Waals surface area contributed by atoms with Crippen LogP contribution in [0.5, 0.6) is 0 Å². The van der Waals surface area contributed by atoms with E-state index in [2.05, 4.69) is 0 Å². The number of amides is 1. The SMILES string of the molecule is CS(=O)(=O)N1CCN(C(=O)[C@@H]2CN(c3ccc(C#N)c(C(F)(F)F)c3)[C@@H](C(F)(F)F)O2)CC1. The van der Waals surface area contributed by atoms with Crippen molar-refractivity contribution in [3.05, 3.63) is 29.3 Å². The summed E-state index contributed by atoms with van der Waals surface area (Å²) in [4.78, 5) is 14.4. The standard InChI is InChI=1S/C18H18F6N4O4S/c1-33(30,31)27-6-4-26(5-7-27)15(29)14-10-28(16(32-14)18(22,23)24)12-3-2-11(9-25)13(8-12)17(19,20)21/h2-3,8,14,16H,4-7,10H2,1H3/t14-,16+/m0/s1. The number of nitrogens with zero attached hydrogens (tertiary/aromatic N) is 4. The van der Waals surface area contributed by atoms with Crippen LogP contribution in [0, 0.1) is 11.3 Å². The molecule has 15 heteroatoms. The molecule has 2 aliphatic heterocycles. The molecular formula is C18H18F6N4O4S. The van der Waals surface area contributed by atoms with E-state index in [0.29, 0.717) is 11.0 Å². The van der Waals surface area contributed by atoms with Gasteiger partial charge in [0.1, 0.15) is 0 Å². The normalized spacial score (nSPS) is 23.0. The number of nitriles is 1. The molecule has 33 heavy (non-hydrogen) atoms. The molecule has 0 N–H and O–H groups in total. The van der Waals surface area contributed by atoms with Crippen molar-refractivity contribution >= 4 is 21.6 Å². The molecule has 0 saturated carbocycles. The van der Waals surface area contributed by atoms with Crippen LogP contribution in [0.4, 0.5) is 32.0 Å². The van der Waals surface area contributed by atoms with Crippen LogP contribution < -0.4 is 4.90 Å². The number of sulfonamides is 1. The van der Waals surface area contributed by atoms with Gasteiger partial charge in [0.05, 0.1) is 30.0 Å². The van der Waals surface area contributed by atoms with Crippen LogP contribution in [0.25, 0.3) is 0 Å². The van der Waals surface area contributed by atoms with Gasteiger partial charge in [0.25, 0.3) is 5.91 Å². The molecule has 3 rings (SSSR count). The van der Waals surface area contributed by atoms with Gasteiger partial charge in [0, 0.05) is 31.9 Å². The Kier molecular flexibility index (Phi) is 6.57. The molecule has 2 atom stereocenters. The van der Waals surface area contributed by atoms with E-state index >= 15 is 0 Å². The number of ether oxygens (including phenoxy) is 1. The van der Waals surface area contributed by atoms with Crippen molar-refractivity contribution < 1.29 is 44.3 Å². The number of anilines is 1. The highest BCUT2D eigenvalue weighted by atomic mass is 32.2. The molecule has 0 radical (unpaired) electrons. The third kappa shape index (κ3) is 5.33. The Balaban J connectivity index is 1.85. The lowest BCUT2D eigenvalue weighted by atomic mass is 10.1. The molecule has 1 amide bonds. The zero-order chi connectivity index (χ0) is 24.8. The number of alkyl halides is 6. The summed E-state index contributed by atoms with van der Waals surface area (Å²) in [7, 11) is -3.50. The van der Waals surface area contributed by atoms with E-state index in [1.807, 2.05) is 0 Å². The first-order valence-electron chi connectivity index (χ1n) is 9.47. The fourth-order valence-corrected chi connectivity index (χ4v) is 4.49. The number of carbonyl (C=O) groups is 1. The molecule has 2 aliphatic rings. The van der Waals surface area contributed by atoms with Crippen molar-refractivity contribution in [1.29, 1.82) is 5.26 Å². The number of carbonyl (C=O) groups excluding carboxylic acids is 1. The van der Waals surface area contributed by atoms with Crippen LogP contribution in [0.2, 0.25) is 0 Å². The fraction of sp³-hybridized carbons (Fsp3) is 0.556. The Hall–Kier alpha value is -2.57. The van der Waals surface area contributed by atoms with Crippen LogP contribution in [-0.2, 0) is 25.7 Å². The average molecular weight is 500 g/mol. The Morgan fingerprint density at radius 1 is 1.12 bits per heavy atom. The van der Waals surface area contributed by atoms with Gasteiger partial charge in [0.15, 0.2) is 6.10 Å². The Labute approximate surface area is 185 Å². The number of benzene rings is 1. The summed E-state index contributed by atoms with van der Waals surface area (Å²) in [6.45, 7) is -0.921. The van der Waals surface area contributed by atoms with E-state index in [9.17, 15) is 39.6 Å². The van der Waals surface area contributed by atoms with E-state index in [1.165, 1.54) is 6.07 Å². The summed E-state index contributed by atoms with van der Waals surface area (Å²) in [5.74, 6) is -0.829. The molecule has 2 fully saturated rings. The molecule has 0 unspecified atom stereocenters. The van der Waals surface area contributed by atoms with E-state index < -0.39 is 64.0 Å². The summed E-state index contributed by atoms with van der Waals surface area (Å²) in [5, 5.41) is 8.89. The lowest BCUT2D eigenvalue weighted by Crippen LogP contribution is -2.53. The second-order valence-electron chi connectivity index (χ2n) is 7.50. The van der Waals surface area contributed by atoms with Gasteiger partial charge in [0.2, 0.25) is 16.3 Å². The van der Waals surface area contributed by atoms with Gasteiger partial charge in [-0.15, -0.1) is 0 Å². The van der Waals surface area contributed by atoms with Crippen LogP contribution >= 0.6 is 0 Å². The maximum Gasteiger partial charge on any atom is 0.433 e. The van der Waals surface area contributed by atoms with Crippen molar-refractivity contribution in [3.8, 4) is 6.07 Å². The van der Waals surface area contributed by atoms with Crippen molar-refractivity contribution in [2.24, 2.45) is 0 Å². The van der Waals surface area contributed by atoms with Gasteiger partial charge in [-0.2, -0.15) is 35.9 Å². The summed E-state index contributed by atoms with van der Waals surface area (Å²) in [6.07, 6.45) is -13.3. The predicted octanol–water partition coefficient (Wildman–Crippen LogP) is 1.77. The molecule has 1 aromatic carbocycles. The zero-order valence-electron chi connectivity index (χ0n) is 17.0. The number of rotatable bonds is 3. The monoisotopic (exact) mass is 500 g/mol. The summed E-state index contributed by atoms with van der Waals surface area (Å²) in [6, 6.07) is 3.44. The van der Waals surface area contributed by atoms with E-state index in [4.69, 9.17) is 10.00 Å². The lowest BCUT2D eigenvalue weighted by molar-refractivity contribution is -0.215. The predicted molar refractivity (Wildman–Crippen MR) is 101 cm³/mol. The molecule has 0 spiro atoms. The van der Waals surface area contributed by atoms with Gasteiger partial charge in [-0.25, -0.2) is 8.42 Å². The highest BCUT2D eigenvalue weighted by molar-refractivity contribution is 7.88. The topological polar surface area (TPSA) is 94.0 Å². The molecular weight excluding hydrogens is 482 g/mol. The summed E-state index contributed by atoms with van der Waals surface area (Å²) < 4.78 is 110. The minimum absolute atomic E-state index is 0.0473. The molecule has 2 saturated heterocycles. The maximum atomic E-state index is 13.6. The number of hydrogen-bond acceptors (Lipinski definition) is 6. The molecule has 0 aliphatic carbocycles. The van der Waals surface area contributed by atoms with Crippen molar-refractivity contribution in [2.75, 3.05) is 43.9 Å². The van der Waals surface area contributed by atoms with Crippen LogP contribution in [0.3, 0.4) is 0 Å². The highest BCUT2D eigenvalue weighted by Crippen LogP contribution is 2.39. The first-order chi connectivity index (χ1) is 15.1. The molecule has 2 heterocycles. The van der Waals surface area contributed by atoms with E-state index in [1.54, 1.807) is 0 Å². The number of halogens is 6. The quantitative estimate of drug-likeness (QED) is 0.588. The zero-order valence-corrected chi connectivity index (χ0v) is 17.8. The van der Waals surface area contributed by atoms with Crippen molar-refractivity contribution in [2.45, 2.75) is 24.7 Å². The van der Waals surface area contributed by atoms with E-state index in [0.717, 1.165) is 27.6 Å². The average Bonchev–Trinajstić information content (AvgIpc) is 3.17. The van der Waals surface area contributed by atoms with Crippen molar-refractivity contribution in [3.63, 3.8) is 0 Å². The smallest absolute Gasteiger partial charge is 0.338 e. The highest BCUT2D eigenvalue weighted by Gasteiger charge is 2.53. The second-order valence-corrected chi connectivity index (χ2v) is 9.48.